The number of amides is 1. The van der Waals surface area contributed by atoms with Crippen LogP contribution in [0.2, 0.25) is 0 Å². The van der Waals surface area contributed by atoms with Crippen LogP contribution in [0.4, 0.5) is 0 Å². The van der Waals surface area contributed by atoms with Gasteiger partial charge in [0, 0.05) is 0 Å². The molecule has 0 saturated carbocycles. The van der Waals surface area contributed by atoms with Gasteiger partial charge in [0.2, 0.25) is 5.91 Å². The molecule has 1 aromatic rings. The lowest BCUT2D eigenvalue weighted by atomic mass is 9.86. The average Bonchev–Trinajstić information content (AvgIpc) is 2.64. The summed E-state index contributed by atoms with van der Waals surface area (Å²) in [5, 5.41) is 17.2. The van der Waals surface area contributed by atoms with Crippen LogP contribution in [0.25, 0.3) is 0 Å². The smallest absolute Gasteiger partial charge is 0.352 e. The summed E-state index contributed by atoms with van der Waals surface area (Å²) in [5.41, 5.74) is 12.2. The highest BCUT2D eigenvalue weighted by atomic mass is 32.2. The van der Waals surface area contributed by atoms with Gasteiger partial charge < -0.3 is 26.4 Å². The molecule has 2 heterocycles. The number of ether oxygens (including phenoxy) is 1. The van der Waals surface area contributed by atoms with Crippen LogP contribution in [0.1, 0.15) is 18.5 Å². The zero-order chi connectivity index (χ0) is 21.5. The Labute approximate surface area is 169 Å². The molecular formula is C18H19N3O7S. The topological polar surface area (TPSA) is 173 Å². The maximum absolute atomic E-state index is 12.9. The minimum Gasteiger partial charge on any atom is -0.482 e. The third-order valence-electron chi connectivity index (χ3n) is 4.53. The number of rotatable bonds is 7. The van der Waals surface area contributed by atoms with E-state index in [9.17, 15) is 24.3 Å². The number of β-lactam (4-membered cyclic amide) rings is 1. The zero-order valence-electron chi connectivity index (χ0n) is 15.3. The molecule has 2 aliphatic heterocycles. The minimum atomic E-state index is -1.30. The van der Waals surface area contributed by atoms with Gasteiger partial charge in [-0.2, -0.15) is 0 Å². The van der Waals surface area contributed by atoms with Gasteiger partial charge in [0.1, 0.15) is 22.7 Å². The van der Waals surface area contributed by atoms with Crippen LogP contribution in [0.5, 0.6) is 5.75 Å². The van der Waals surface area contributed by atoms with E-state index in [1.807, 2.05) is 0 Å². The number of nitrogens with zero attached hydrogens (tertiary/aromatic N) is 1. The number of nitrogens with two attached hydrogens (primary N) is 2. The van der Waals surface area contributed by atoms with E-state index >= 15 is 0 Å². The van der Waals surface area contributed by atoms with E-state index in [4.69, 9.17) is 21.3 Å². The second kappa shape index (κ2) is 7.50. The Morgan fingerprint density at radius 3 is 2.45 bits per heavy atom. The number of Topliss-reactive ketones (excluding diaryl/α,β-unsaturated/α-hetero) is 1. The Bertz CT molecular complexity index is 913. The van der Waals surface area contributed by atoms with Gasteiger partial charge in [-0.15, -0.1) is 11.8 Å². The third kappa shape index (κ3) is 3.97. The van der Waals surface area contributed by atoms with Gasteiger partial charge in [0.25, 0.3) is 0 Å². The van der Waals surface area contributed by atoms with Crippen molar-refractivity contribution in [2.75, 3.05) is 6.61 Å². The molecule has 1 amide bonds. The van der Waals surface area contributed by atoms with Crippen molar-refractivity contribution in [1.29, 1.82) is 0 Å². The lowest BCUT2D eigenvalue weighted by Crippen LogP contribution is -2.66. The molecule has 11 heteroatoms. The number of carbonyl (C=O) groups excluding carboxylic acids is 2. The summed E-state index contributed by atoms with van der Waals surface area (Å²) in [6.45, 7) is 1.09. The number of ketones is 1. The molecule has 4 atom stereocenters. The highest BCUT2D eigenvalue weighted by Gasteiger charge is 2.58. The fourth-order valence-electron chi connectivity index (χ4n) is 3.18. The molecule has 1 fully saturated rings. The van der Waals surface area contributed by atoms with Crippen LogP contribution in [0.3, 0.4) is 0 Å². The van der Waals surface area contributed by atoms with Crippen LogP contribution in [-0.4, -0.2) is 55.6 Å². The van der Waals surface area contributed by atoms with E-state index in [2.05, 4.69) is 0 Å². The third-order valence-corrected chi connectivity index (χ3v) is 5.88. The van der Waals surface area contributed by atoms with Gasteiger partial charge in [-0.1, -0.05) is 12.1 Å². The van der Waals surface area contributed by atoms with Crippen molar-refractivity contribution in [3.05, 3.63) is 41.6 Å². The van der Waals surface area contributed by atoms with Gasteiger partial charge in [-0.25, -0.2) is 9.59 Å². The molecule has 0 radical (unpaired) electrons. The number of carboxylic acid groups (broad SMARTS) is 2. The molecule has 0 bridgehead atoms. The summed E-state index contributed by atoms with van der Waals surface area (Å²) in [5.74, 6) is -4.42. The van der Waals surface area contributed by atoms with Crippen molar-refractivity contribution in [3.63, 3.8) is 0 Å². The highest BCUT2D eigenvalue weighted by Crippen LogP contribution is 2.48. The number of carbonyl (C=O) groups is 4. The number of thioether (sulfide) groups is 1. The molecule has 29 heavy (non-hydrogen) atoms. The molecule has 1 aromatic carbocycles. The molecule has 2 aliphatic rings. The maximum atomic E-state index is 12.9. The van der Waals surface area contributed by atoms with E-state index in [0.29, 0.717) is 11.3 Å². The van der Waals surface area contributed by atoms with Crippen molar-refractivity contribution < 1.29 is 34.1 Å². The number of carboxylic acids is 2. The second-order valence-corrected chi connectivity index (χ2v) is 8.44. The fourth-order valence-corrected chi connectivity index (χ4v) is 4.59. The molecule has 1 saturated heterocycles. The monoisotopic (exact) mass is 421 g/mol. The van der Waals surface area contributed by atoms with E-state index in [1.54, 1.807) is 6.92 Å². The normalized spacial score (nSPS) is 26.7. The van der Waals surface area contributed by atoms with Crippen LogP contribution in [0.15, 0.2) is 36.0 Å². The van der Waals surface area contributed by atoms with Gasteiger partial charge in [-0.3, -0.25) is 14.5 Å². The number of aliphatic carboxylic acids is 2. The Morgan fingerprint density at radius 2 is 1.90 bits per heavy atom. The summed E-state index contributed by atoms with van der Waals surface area (Å²) < 4.78 is 5.02. The summed E-state index contributed by atoms with van der Waals surface area (Å²) in [6.07, 6.45) is 1.28. The number of hydrogen-bond donors (Lipinski definition) is 4. The molecule has 10 nitrogen and oxygen atoms in total. The predicted octanol–water partition coefficient (Wildman–Crippen LogP) is -0.106. The lowest BCUT2D eigenvalue weighted by Gasteiger charge is -2.51. The summed E-state index contributed by atoms with van der Waals surface area (Å²) in [4.78, 5) is 47.4. The SMILES string of the molecule is CC1(N)C=C(C(=O)O)N2C(=O)C(C(=O)C(N)c3ccc(OCC(=O)O)cc3)[C@H]2S1. The van der Waals surface area contributed by atoms with Crippen LogP contribution in [0, 0.1) is 5.92 Å². The van der Waals surface area contributed by atoms with Gasteiger partial charge in [-0.05, 0) is 30.7 Å². The quantitative estimate of drug-likeness (QED) is 0.344. The minimum absolute atomic E-state index is 0.249. The Morgan fingerprint density at radius 1 is 1.28 bits per heavy atom. The van der Waals surface area contributed by atoms with Gasteiger partial charge in [0.05, 0.1) is 10.9 Å². The first-order chi connectivity index (χ1) is 13.5. The molecule has 0 spiro atoms. The van der Waals surface area contributed by atoms with Crippen molar-refractivity contribution in [2.45, 2.75) is 23.2 Å². The maximum Gasteiger partial charge on any atom is 0.352 e. The zero-order valence-corrected chi connectivity index (χ0v) is 16.1. The van der Waals surface area contributed by atoms with Crippen LogP contribution in [-0.2, 0) is 19.2 Å². The lowest BCUT2D eigenvalue weighted by molar-refractivity contribution is -0.157. The highest BCUT2D eigenvalue weighted by molar-refractivity contribution is 8.01. The second-order valence-electron chi connectivity index (χ2n) is 6.84. The molecule has 3 rings (SSSR count). The van der Waals surface area contributed by atoms with Crippen LogP contribution < -0.4 is 16.2 Å². The van der Waals surface area contributed by atoms with E-state index in [-0.39, 0.29) is 5.70 Å². The number of benzene rings is 1. The van der Waals surface area contributed by atoms with Crippen molar-refractivity contribution in [2.24, 2.45) is 17.4 Å². The first-order valence-corrected chi connectivity index (χ1v) is 9.39. The van der Waals surface area contributed by atoms with Gasteiger partial charge in [0.15, 0.2) is 12.4 Å². The summed E-state index contributed by atoms with van der Waals surface area (Å²) in [6, 6.07) is 4.83. The standard InChI is InChI=1S/C18H19N3O7S/c1-18(20)6-10(17(26)27)21-15(25)12(16(21)29-18)14(24)13(19)8-2-4-9(5-3-8)28-7-11(22)23/h2-6,12-13,16H,7,19-20H2,1H3,(H,22,23)(H,26,27)/t12?,13?,16-,18?/m1/s1. The Hall–Kier alpha value is -2.89. The predicted molar refractivity (Wildman–Crippen MR) is 102 cm³/mol. The number of hydrogen-bond acceptors (Lipinski definition) is 8. The molecular weight excluding hydrogens is 402 g/mol. The van der Waals surface area contributed by atoms with E-state index < -0.39 is 52.4 Å². The average molecular weight is 421 g/mol. The van der Waals surface area contributed by atoms with Crippen molar-refractivity contribution in [1.82, 2.24) is 4.90 Å². The Balaban J connectivity index is 1.75. The molecule has 3 unspecified atom stereocenters. The van der Waals surface area contributed by atoms with Crippen LogP contribution >= 0.6 is 11.8 Å². The Kier molecular flexibility index (Phi) is 5.39. The molecule has 0 aliphatic carbocycles. The molecule has 6 N–H and O–H groups in total. The first kappa shape index (κ1) is 20.8. The molecule has 0 aromatic heterocycles. The summed E-state index contributed by atoms with van der Waals surface area (Å²) in [7, 11) is 0. The van der Waals surface area contributed by atoms with Crippen molar-refractivity contribution >= 4 is 35.4 Å². The number of fused-ring (bicyclic) bond motifs is 1. The summed E-state index contributed by atoms with van der Waals surface area (Å²) >= 11 is 1.12. The van der Waals surface area contributed by atoms with Gasteiger partial charge >= 0.3 is 11.9 Å². The van der Waals surface area contributed by atoms with E-state index in [0.717, 1.165) is 16.7 Å². The molecule has 154 valence electrons. The fraction of sp³-hybridized carbons (Fsp3) is 0.333. The largest absolute Gasteiger partial charge is 0.482 e. The van der Waals surface area contributed by atoms with E-state index in [1.165, 1.54) is 30.3 Å². The first-order valence-electron chi connectivity index (χ1n) is 8.51. The van der Waals surface area contributed by atoms with Crippen molar-refractivity contribution in [3.8, 4) is 5.75 Å².